The summed E-state index contributed by atoms with van der Waals surface area (Å²) >= 11 is 0. The molecular formula is C17H15N3O6S. The van der Waals surface area contributed by atoms with Gasteiger partial charge in [0.05, 0.1) is 10.4 Å². The first-order valence-electron chi connectivity index (χ1n) is 7.61. The highest BCUT2D eigenvalue weighted by Crippen LogP contribution is 2.28. The topological polar surface area (TPSA) is 155 Å². The summed E-state index contributed by atoms with van der Waals surface area (Å²) in [4.78, 5) is 29.4. The molecule has 3 aromatic rings. The normalized spacial score (nSPS) is 11.4. The van der Waals surface area contributed by atoms with E-state index < -0.39 is 32.8 Å². The zero-order chi connectivity index (χ0) is 19.8. The summed E-state index contributed by atoms with van der Waals surface area (Å²) < 4.78 is 23.9. The first-order valence-corrected chi connectivity index (χ1v) is 9.16. The van der Waals surface area contributed by atoms with Crippen molar-refractivity contribution in [2.45, 2.75) is 11.5 Å². The zero-order valence-electron chi connectivity index (χ0n) is 13.8. The molecule has 0 spiro atoms. The van der Waals surface area contributed by atoms with Crippen LogP contribution in [0.3, 0.4) is 0 Å². The van der Waals surface area contributed by atoms with Gasteiger partial charge in [-0.15, -0.1) is 4.73 Å². The molecular weight excluding hydrogens is 374 g/mol. The molecule has 1 amide bonds. The van der Waals surface area contributed by atoms with Crippen molar-refractivity contribution in [2.75, 3.05) is 0 Å². The Kier molecular flexibility index (Phi) is 4.60. The molecule has 140 valence electrons. The van der Waals surface area contributed by atoms with Gasteiger partial charge in [0.15, 0.2) is 0 Å². The van der Waals surface area contributed by atoms with Gasteiger partial charge in [-0.05, 0) is 23.8 Å². The number of hydrogen-bond acceptors (Lipinski definition) is 6. The quantitative estimate of drug-likeness (QED) is 0.561. The van der Waals surface area contributed by atoms with Crippen LogP contribution in [0.5, 0.6) is 5.75 Å². The van der Waals surface area contributed by atoms with E-state index in [1.165, 1.54) is 6.07 Å². The van der Waals surface area contributed by atoms with Gasteiger partial charge in [0.2, 0.25) is 10.0 Å². The largest absolute Gasteiger partial charge is 0.506 e. The Morgan fingerprint density at radius 3 is 2.41 bits per heavy atom. The molecule has 1 heterocycles. The number of sulfonamides is 1. The summed E-state index contributed by atoms with van der Waals surface area (Å²) in [7, 11) is -4.08. The summed E-state index contributed by atoms with van der Waals surface area (Å²) in [5, 5.41) is 15.3. The third-order valence-electron chi connectivity index (χ3n) is 3.86. The fraction of sp³-hybridized carbons (Fsp3) is 0.0588. The van der Waals surface area contributed by atoms with Gasteiger partial charge in [-0.3, -0.25) is 9.59 Å². The summed E-state index contributed by atoms with van der Waals surface area (Å²) in [6, 6.07) is 12.3. The van der Waals surface area contributed by atoms with Crippen LogP contribution in [0, 0.1) is 0 Å². The lowest BCUT2D eigenvalue weighted by atomic mass is 10.1. The van der Waals surface area contributed by atoms with Crippen molar-refractivity contribution in [3.05, 3.63) is 70.0 Å². The van der Waals surface area contributed by atoms with Crippen LogP contribution in [0.4, 0.5) is 0 Å². The van der Waals surface area contributed by atoms with Crippen LogP contribution < -0.4 is 21.3 Å². The molecule has 10 heteroatoms. The maximum absolute atomic E-state index is 12.6. The molecule has 0 aliphatic carbocycles. The SMILES string of the molecule is NC(=O)c1c(O)c2cc(S(N)(=O)=O)ccc2n(OCc2ccccc2)c1=O. The molecule has 0 saturated carbocycles. The number of rotatable bonds is 5. The van der Waals surface area contributed by atoms with E-state index in [1.54, 1.807) is 24.3 Å². The number of pyridine rings is 1. The van der Waals surface area contributed by atoms with Crippen LogP contribution >= 0.6 is 0 Å². The lowest BCUT2D eigenvalue weighted by molar-refractivity contribution is 0.0926. The highest BCUT2D eigenvalue weighted by atomic mass is 32.2. The van der Waals surface area contributed by atoms with Crippen molar-refractivity contribution < 1.29 is 23.2 Å². The van der Waals surface area contributed by atoms with Crippen molar-refractivity contribution in [3.8, 4) is 5.75 Å². The fourth-order valence-electron chi connectivity index (χ4n) is 2.57. The van der Waals surface area contributed by atoms with E-state index in [0.29, 0.717) is 0 Å². The monoisotopic (exact) mass is 389 g/mol. The Balaban J connectivity index is 2.24. The molecule has 0 atom stereocenters. The van der Waals surface area contributed by atoms with Crippen molar-refractivity contribution in [1.29, 1.82) is 0 Å². The van der Waals surface area contributed by atoms with Gasteiger partial charge in [0.1, 0.15) is 17.9 Å². The third kappa shape index (κ3) is 3.48. The summed E-state index contributed by atoms with van der Waals surface area (Å²) in [5.74, 6) is -1.93. The number of amides is 1. The minimum atomic E-state index is -4.08. The maximum Gasteiger partial charge on any atom is 0.300 e. The van der Waals surface area contributed by atoms with Crippen LogP contribution in [0.1, 0.15) is 15.9 Å². The molecule has 0 unspecified atom stereocenters. The Morgan fingerprint density at radius 1 is 1.15 bits per heavy atom. The minimum absolute atomic E-state index is 0.0181. The molecule has 0 fully saturated rings. The predicted octanol–water partition coefficient (Wildman–Crippen LogP) is 0.0822. The highest BCUT2D eigenvalue weighted by Gasteiger charge is 2.22. The minimum Gasteiger partial charge on any atom is -0.506 e. The first kappa shape index (κ1) is 18.4. The molecule has 27 heavy (non-hydrogen) atoms. The number of aromatic nitrogens is 1. The molecule has 0 radical (unpaired) electrons. The maximum atomic E-state index is 12.6. The van der Waals surface area contributed by atoms with Crippen molar-refractivity contribution in [2.24, 2.45) is 10.9 Å². The Morgan fingerprint density at radius 2 is 1.81 bits per heavy atom. The van der Waals surface area contributed by atoms with Gasteiger partial charge in [0.25, 0.3) is 11.5 Å². The van der Waals surface area contributed by atoms with E-state index in [-0.39, 0.29) is 22.4 Å². The van der Waals surface area contributed by atoms with Gasteiger partial charge >= 0.3 is 0 Å². The number of hydrogen-bond donors (Lipinski definition) is 3. The average molecular weight is 389 g/mol. The van der Waals surface area contributed by atoms with Gasteiger partial charge in [0, 0.05) is 5.39 Å². The number of primary amides is 1. The highest BCUT2D eigenvalue weighted by molar-refractivity contribution is 7.89. The predicted molar refractivity (Wildman–Crippen MR) is 96.5 cm³/mol. The first-order chi connectivity index (χ1) is 12.7. The van der Waals surface area contributed by atoms with Gasteiger partial charge in [-0.25, -0.2) is 13.6 Å². The van der Waals surface area contributed by atoms with Crippen molar-refractivity contribution >= 4 is 26.8 Å². The number of benzene rings is 2. The molecule has 0 aliphatic heterocycles. The van der Waals surface area contributed by atoms with Crippen LogP contribution in [0.15, 0.2) is 58.2 Å². The molecule has 2 aromatic carbocycles. The number of carbonyl (C=O) groups is 1. The van der Waals surface area contributed by atoms with Crippen LogP contribution in [0.2, 0.25) is 0 Å². The van der Waals surface area contributed by atoms with E-state index in [4.69, 9.17) is 15.7 Å². The van der Waals surface area contributed by atoms with E-state index in [9.17, 15) is 23.1 Å². The lowest BCUT2D eigenvalue weighted by Crippen LogP contribution is -2.33. The van der Waals surface area contributed by atoms with Gasteiger partial charge in [-0.2, -0.15) is 0 Å². The van der Waals surface area contributed by atoms with E-state index >= 15 is 0 Å². The number of fused-ring (bicyclic) bond motifs is 1. The van der Waals surface area contributed by atoms with Crippen LogP contribution in [0.25, 0.3) is 10.9 Å². The Labute approximate surface area is 153 Å². The van der Waals surface area contributed by atoms with Crippen LogP contribution in [-0.2, 0) is 16.6 Å². The zero-order valence-corrected chi connectivity index (χ0v) is 14.6. The fourth-order valence-corrected chi connectivity index (χ4v) is 3.11. The Bertz CT molecular complexity index is 1200. The number of aromatic hydroxyl groups is 1. The molecule has 0 bridgehead atoms. The summed E-state index contributed by atoms with van der Waals surface area (Å²) in [6.45, 7) is -0.0181. The Hall–Kier alpha value is -3.37. The van der Waals surface area contributed by atoms with E-state index in [2.05, 4.69) is 0 Å². The molecule has 1 aromatic heterocycles. The molecule has 3 rings (SSSR count). The number of primary sulfonamides is 1. The van der Waals surface area contributed by atoms with Crippen molar-refractivity contribution in [3.63, 3.8) is 0 Å². The standard InChI is InChI=1S/C17H15N3O6S/c18-16(22)14-15(21)12-8-11(27(19,24)25)6-7-13(12)20(17(14)23)26-9-10-4-2-1-3-5-10/h1-8,21H,9H2,(H2,18,22)(H2,19,24,25). The second-order valence-corrected chi connectivity index (χ2v) is 7.23. The molecule has 9 nitrogen and oxygen atoms in total. The number of nitrogens with zero attached hydrogens (tertiary/aromatic N) is 1. The molecule has 0 aliphatic rings. The van der Waals surface area contributed by atoms with E-state index in [1.807, 2.05) is 6.07 Å². The molecule has 0 saturated heterocycles. The molecule has 5 N–H and O–H groups in total. The van der Waals surface area contributed by atoms with Crippen LogP contribution in [-0.4, -0.2) is 24.2 Å². The summed E-state index contributed by atoms with van der Waals surface area (Å²) in [6.07, 6.45) is 0. The smallest absolute Gasteiger partial charge is 0.300 e. The summed E-state index contributed by atoms with van der Waals surface area (Å²) in [5.41, 5.74) is 4.30. The van der Waals surface area contributed by atoms with E-state index in [0.717, 1.165) is 22.4 Å². The van der Waals surface area contributed by atoms with Crippen molar-refractivity contribution in [1.82, 2.24) is 4.73 Å². The number of carbonyl (C=O) groups excluding carboxylic acids is 1. The average Bonchev–Trinajstić information content (AvgIpc) is 2.61. The second-order valence-electron chi connectivity index (χ2n) is 5.67. The second kappa shape index (κ2) is 6.74. The van der Waals surface area contributed by atoms with Gasteiger partial charge in [-0.1, -0.05) is 30.3 Å². The third-order valence-corrected chi connectivity index (χ3v) is 4.77. The van der Waals surface area contributed by atoms with Gasteiger partial charge < -0.3 is 15.7 Å². The number of nitrogens with two attached hydrogens (primary N) is 2. The lowest BCUT2D eigenvalue weighted by Gasteiger charge is -2.15.